The zero-order valence-corrected chi connectivity index (χ0v) is 29.3. The van der Waals surface area contributed by atoms with Gasteiger partial charge in [0.2, 0.25) is 0 Å². The highest BCUT2D eigenvalue weighted by molar-refractivity contribution is 7.87. The second kappa shape index (κ2) is 12.9. The first kappa shape index (κ1) is 35.2. The van der Waals surface area contributed by atoms with Gasteiger partial charge < -0.3 is 27.9 Å². The first-order valence-corrected chi connectivity index (χ1v) is 19.1. The van der Waals surface area contributed by atoms with Gasteiger partial charge in [-0.2, -0.15) is 25.3 Å². The molecule has 12 nitrogen and oxygen atoms in total. The highest BCUT2D eigenvalue weighted by atomic mass is 35.5. The van der Waals surface area contributed by atoms with Crippen molar-refractivity contribution in [1.29, 1.82) is 0 Å². The number of aromatic hydroxyl groups is 3. The van der Waals surface area contributed by atoms with Gasteiger partial charge in [-0.1, -0.05) is 59.1 Å². The first-order valence-electron chi connectivity index (χ1n) is 13.7. The number of benzene rings is 6. The molecular formula is C32H19Cl3O12S3. The molecule has 0 unspecified atom stereocenters. The molecule has 0 atom stereocenters. The van der Waals surface area contributed by atoms with Gasteiger partial charge in [-0.25, -0.2) is 0 Å². The lowest BCUT2D eigenvalue weighted by Gasteiger charge is -2.18. The Morgan fingerprint density at radius 1 is 0.440 bits per heavy atom. The second-order valence-electron chi connectivity index (χ2n) is 10.4. The van der Waals surface area contributed by atoms with E-state index in [0.717, 1.165) is 60.7 Å². The minimum Gasteiger partial charge on any atom is -0.506 e. The lowest BCUT2D eigenvalue weighted by atomic mass is 10.0. The molecule has 0 spiro atoms. The number of phenolic OH excluding ortho intramolecular Hbond substituents is 3. The number of phenols is 3. The van der Waals surface area contributed by atoms with E-state index in [1.807, 2.05) is 0 Å². The van der Waals surface area contributed by atoms with Crippen LogP contribution in [0.3, 0.4) is 0 Å². The monoisotopic (exact) mass is 796 g/mol. The molecule has 6 aromatic rings. The summed E-state index contributed by atoms with van der Waals surface area (Å²) in [5.74, 6) is -2.90. The van der Waals surface area contributed by atoms with Gasteiger partial charge in [-0.3, -0.25) is 0 Å². The summed E-state index contributed by atoms with van der Waals surface area (Å²) in [7, 11) is -14.3. The maximum atomic E-state index is 13.6. The van der Waals surface area contributed by atoms with Crippen molar-refractivity contribution in [2.45, 2.75) is 14.7 Å². The summed E-state index contributed by atoms with van der Waals surface area (Å²) in [6.07, 6.45) is 0. The van der Waals surface area contributed by atoms with Crippen molar-refractivity contribution in [3.8, 4) is 34.5 Å². The van der Waals surface area contributed by atoms with Crippen molar-refractivity contribution in [1.82, 2.24) is 0 Å². The second-order valence-corrected chi connectivity index (χ2v) is 16.2. The molecule has 18 heteroatoms. The van der Waals surface area contributed by atoms with Crippen molar-refractivity contribution >= 4 is 86.7 Å². The van der Waals surface area contributed by atoms with Crippen molar-refractivity contribution in [2.75, 3.05) is 0 Å². The smallest absolute Gasteiger partial charge is 0.339 e. The molecule has 0 aromatic heterocycles. The molecule has 0 radical (unpaired) electrons. The van der Waals surface area contributed by atoms with Crippen LogP contribution in [0.4, 0.5) is 0 Å². The maximum Gasteiger partial charge on any atom is 0.339 e. The van der Waals surface area contributed by atoms with Crippen LogP contribution in [0.1, 0.15) is 0 Å². The summed E-state index contributed by atoms with van der Waals surface area (Å²) in [4.78, 5) is -1.48. The van der Waals surface area contributed by atoms with Crippen LogP contribution < -0.4 is 12.5 Å². The maximum absolute atomic E-state index is 13.6. The van der Waals surface area contributed by atoms with Crippen LogP contribution >= 0.6 is 34.8 Å². The Morgan fingerprint density at radius 2 is 0.880 bits per heavy atom. The SMILES string of the molecule is O=S(=O)(Oc1ccc2c(OS(=O)(=O)c3ccc(O)c(Cl)c3)c3ccccc3cc2c1OS(=O)(=O)c1ccc(O)c(Cl)c1)c1ccc(O)c(Cl)c1. The van der Waals surface area contributed by atoms with Crippen molar-refractivity contribution < 1.29 is 53.1 Å². The molecule has 50 heavy (non-hydrogen) atoms. The summed E-state index contributed by atoms with van der Waals surface area (Å²) < 4.78 is 97.6. The highest BCUT2D eigenvalue weighted by Crippen LogP contribution is 2.46. The van der Waals surface area contributed by atoms with Gasteiger partial charge in [0.1, 0.15) is 31.9 Å². The third-order valence-corrected chi connectivity index (χ3v) is 11.7. The minimum absolute atomic E-state index is 0.0662. The van der Waals surface area contributed by atoms with E-state index in [4.69, 9.17) is 47.4 Å². The molecular weight excluding hydrogens is 779 g/mol. The normalized spacial score (nSPS) is 12.2. The fourth-order valence-corrected chi connectivity index (χ4v) is 8.38. The van der Waals surface area contributed by atoms with E-state index in [1.165, 1.54) is 18.2 Å². The molecule has 0 aliphatic heterocycles. The Morgan fingerprint density at radius 3 is 1.36 bits per heavy atom. The standard InChI is InChI=1S/C32H19Cl3O12S3/c33-24-14-18(5-9-27(24)36)48(39,40)45-30-12-8-22-23(32(30)47-50(43,44)20-7-11-29(38)26(35)16-20)13-17-3-1-2-4-21(17)31(22)46-49(41,42)19-6-10-28(37)25(34)15-19/h1-16,36-38H. The first-order chi connectivity index (χ1) is 23.5. The van der Waals surface area contributed by atoms with Crippen molar-refractivity contribution in [3.63, 3.8) is 0 Å². The number of hydrogen-bond donors (Lipinski definition) is 3. The average Bonchev–Trinajstić information content (AvgIpc) is 3.05. The van der Waals surface area contributed by atoms with E-state index in [9.17, 15) is 40.6 Å². The third-order valence-electron chi connectivity index (χ3n) is 7.12. The molecule has 0 amide bonds. The van der Waals surface area contributed by atoms with Gasteiger partial charge in [-0.05, 0) is 78.2 Å². The Bertz CT molecular complexity index is 2700. The molecule has 0 saturated carbocycles. The lowest BCUT2D eigenvalue weighted by Crippen LogP contribution is -2.14. The molecule has 258 valence electrons. The Hall–Kier alpha value is -4.64. The van der Waals surface area contributed by atoms with Crippen LogP contribution in [-0.2, 0) is 30.4 Å². The lowest BCUT2D eigenvalue weighted by molar-refractivity contribution is 0.450. The fraction of sp³-hybridized carbons (Fsp3) is 0. The topological polar surface area (TPSA) is 191 Å². The molecule has 0 heterocycles. The number of rotatable bonds is 9. The van der Waals surface area contributed by atoms with Crippen molar-refractivity contribution in [2.24, 2.45) is 0 Å². The van der Waals surface area contributed by atoms with Gasteiger partial charge in [-0.15, -0.1) is 0 Å². The number of halogens is 3. The summed E-state index contributed by atoms with van der Waals surface area (Å²) >= 11 is 17.8. The minimum atomic E-state index is -4.87. The molecule has 0 aliphatic carbocycles. The molecule has 0 saturated heterocycles. The van der Waals surface area contributed by atoms with E-state index < -0.39 is 68.0 Å². The molecule has 0 bridgehead atoms. The summed E-state index contributed by atoms with van der Waals surface area (Å²) in [5.41, 5.74) is 0. The number of hydrogen-bond acceptors (Lipinski definition) is 12. The molecule has 0 aliphatic rings. The van der Waals surface area contributed by atoms with Crippen LogP contribution in [0.15, 0.2) is 112 Å². The van der Waals surface area contributed by atoms with E-state index >= 15 is 0 Å². The zero-order valence-electron chi connectivity index (χ0n) is 24.6. The largest absolute Gasteiger partial charge is 0.506 e. The highest BCUT2D eigenvalue weighted by Gasteiger charge is 2.29. The van der Waals surface area contributed by atoms with Crippen LogP contribution in [-0.4, -0.2) is 40.6 Å². The van der Waals surface area contributed by atoms with Crippen LogP contribution in [0.5, 0.6) is 34.5 Å². The third kappa shape index (κ3) is 6.75. The Kier molecular flexibility index (Phi) is 9.09. The van der Waals surface area contributed by atoms with Crippen molar-refractivity contribution in [3.05, 3.63) is 112 Å². The fourth-order valence-electron chi connectivity index (χ4n) is 4.70. The zero-order chi connectivity index (χ0) is 36.2. The van der Waals surface area contributed by atoms with E-state index in [0.29, 0.717) is 5.39 Å². The van der Waals surface area contributed by atoms with Crippen LogP contribution in [0.2, 0.25) is 15.1 Å². The molecule has 3 N–H and O–H groups in total. The van der Waals surface area contributed by atoms with E-state index in [2.05, 4.69) is 0 Å². The summed E-state index contributed by atoms with van der Waals surface area (Å²) in [5, 5.41) is 28.8. The predicted molar refractivity (Wildman–Crippen MR) is 184 cm³/mol. The van der Waals surface area contributed by atoms with Gasteiger partial charge in [0, 0.05) is 16.2 Å². The molecule has 6 aromatic carbocycles. The quantitative estimate of drug-likeness (QED) is 0.0974. The Balaban J connectivity index is 1.60. The van der Waals surface area contributed by atoms with Gasteiger partial charge in [0.25, 0.3) is 0 Å². The molecule has 6 rings (SSSR count). The van der Waals surface area contributed by atoms with E-state index in [1.54, 1.807) is 18.2 Å². The summed E-state index contributed by atoms with van der Waals surface area (Å²) in [6.45, 7) is 0. The Labute approximate surface area is 299 Å². The van der Waals surface area contributed by atoms with Crippen LogP contribution in [0, 0.1) is 0 Å². The molecule has 0 fully saturated rings. The van der Waals surface area contributed by atoms with Gasteiger partial charge >= 0.3 is 30.4 Å². The van der Waals surface area contributed by atoms with E-state index in [-0.39, 0.29) is 42.7 Å². The average molecular weight is 798 g/mol. The van der Waals surface area contributed by atoms with Crippen LogP contribution in [0.25, 0.3) is 21.5 Å². The van der Waals surface area contributed by atoms with Gasteiger partial charge in [0.15, 0.2) is 17.2 Å². The predicted octanol–water partition coefficient (Wildman–Crippen LogP) is 7.37. The summed E-state index contributed by atoms with van der Waals surface area (Å²) in [6, 6.07) is 18.8. The number of fused-ring (bicyclic) bond motifs is 2. The van der Waals surface area contributed by atoms with Gasteiger partial charge in [0.05, 0.1) is 15.1 Å².